The van der Waals surface area contributed by atoms with Gasteiger partial charge >= 0.3 is 6.18 Å². The maximum atomic E-state index is 11.9. The van der Waals surface area contributed by atoms with E-state index >= 15 is 0 Å². The van der Waals surface area contributed by atoms with Crippen LogP contribution >= 0.6 is 11.6 Å². The summed E-state index contributed by atoms with van der Waals surface area (Å²) in [7, 11) is 0. The fourth-order valence-corrected chi connectivity index (χ4v) is 0.809. The molecule has 0 aliphatic carbocycles. The maximum absolute atomic E-state index is 11.9. The van der Waals surface area contributed by atoms with E-state index < -0.39 is 16.9 Å². The smallest absolute Gasteiger partial charge is 0.416 e. The third-order valence-corrected chi connectivity index (χ3v) is 1.48. The molecule has 0 atom stereocenters. The fraction of sp³-hybridized carbons (Fsp3) is 0.167. The highest BCUT2D eigenvalue weighted by Crippen LogP contribution is 2.29. The molecule has 1 rings (SSSR count). The van der Waals surface area contributed by atoms with Gasteiger partial charge < -0.3 is 5.21 Å². The van der Waals surface area contributed by atoms with Crippen molar-refractivity contribution in [3.63, 3.8) is 0 Å². The van der Waals surface area contributed by atoms with Gasteiger partial charge in [0.2, 0.25) is 0 Å². The molecule has 0 radical (unpaired) electrons. The molecule has 0 aromatic carbocycles. The molecule has 0 saturated carbocycles. The molecule has 0 aliphatic heterocycles. The van der Waals surface area contributed by atoms with Crippen LogP contribution in [-0.4, -0.2) is 0 Å². The third kappa shape index (κ3) is 1.79. The summed E-state index contributed by atoms with van der Waals surface area (Å²) in [6.07, 6.45) is -3.75. The summed E-state index contributed by atoms with van der Waals surface area (Å²) in [6.45, 7) is 0. The van der Waals surface area contributed by atoms with Crippen molar-refractivity contribution < 1.29 is 17.9 Å². The number of aromatic nitrogens is 1. The van der Waals surface area contributed by atoms with E-state index in [1.807, 2.05) is 0 Å². The molecule has 0 spiro atoms. The quantitative estimate of drug-likeness (QED) is 0.355. The van der Waals surface area contributed by atoms with Gasteiger partial charge in [-0.3, -0.25) is 0 Å². The van der Waals surface area contributed by atoms with Gasteiger partial charge in [-0.2, -0.15) is 17.9 Å². The fourth-order valence-electron chi connectivity index (χ4n) is 0.636. The predicted molar refractivity (Wildman–Crippen MR) is 35.4 cm³/mol. The van der Waals surface area contributed by atoms with Crippen LogP contribution in [0, 0.1) is 5.21 Å². The lowest BCUT2D eigenvalue weighted by molar-refractivity contribution is -0.603. The highest BCUT2D eigenvalue weighted by atomic mass is 35.5. The van der Waals surface area contributed by atoms with Gasteiger partial charge in [-0.05, 0) is 11.6 Å². The Labute approximate surface area is 70.8 Å². The van der Waals surface area contributed by atoms with Crippen LogP contribution < -0.4 is 4.73 Å². The van der Waals surface area contributed by atoms with Crippen molar-refractivity contribution in [2.75, 3.05) is 0 Å². The van der Waals surface area contributed by atoms with Crippen molar-refractivity contribution in [1.82, 2.24) is 0 Å². The first-order chi connectivity index (χ1) is 5.41. The van der Waals surface area contributed by atoms with Gasteiger partial charge in [-0.25, -0.2) is 0 Å². The lowest BCUT2D eigenvalue weighted by Gasteiger charge is -2.05. The SMILES string of the molecule is [O-][n+]1ccc(C(F)(F)F)cc1Cl. The van der Waals surface area contributed by atoms with E-state index in [2.05, 4.69) is 0 Å². The average Bonchev–Trinajstić information content (AvgIpc) is 1.92. The second-order valence-corrected chi connectivity index (χ2v) is 2.45. The highest BCUT2D eigenvalue weighted by Gasteiger charge is 2.31. The Bertz CT molecular complexity index is 299. The van der Waals surface area contributed by atoms with Gasteiger partial charge in [0.05, 0.1) is 5.56 Å². The molecule has 0 amide bonds. The second kappa shape index (κ2) is 2.82. The minimum Gasteiger partial charge on any atom is -0.618 e. The van der Waals surface area contributed by atoms with Crippen LogP contribution in [0.25, 0.3) is 0 Å². The van der Waals surface area contributed by atoms with Gasteiger partial charge in [0.25, 0.3) is 5.15 Å². The van der Waals surface area contributed by atoms with E-state index in [0.717, 1.165) is 0 Å². The standard InChI is InChI=1S/C6H3ClF3NO/c7-5-3-4(6(8,9)10)1-2-11(5)12/h1-3H. The van der Waals surface area contributed by atoms with Gasteiger partial charge in [0.15, 0.2) is 6.20 Å². The van der Waals surface area contributed by atoms with E-state index in [-0.39, 0.29) is 4.73 Å². The number of hydrogen-bond donors (Lipinski definition) is 0. The minimum atomic E-state index is -4.46. The summed E-state index contributed by atoms with van der Waals surface area (Å²) in [4.78, 5) is 0. The van der Waals surface area contributed by atoms with Crippen molar-refractivity contribution in [1.29, 1.82) is 0 Å². The van der Waals surface area contributed by atoms with Gasteiger partial charge in [-0.15, -0.1) is 0 Å². The molecular weight excluding hydrogens is 195 g/mol. The average molecular weight is 198 g/mol. The molecule has 0 aliphatic rings. The Kier molecular flexibility index (Phi) is 2.14. The van der Waals surface area contributed by atoms with Crippen LogP contribution in [-0.2, 0) is 6.18 Å². The first-order valence-corrected chi connectivity index (χ1v) is 3.25. The van der Waals surface area contributed by atoms with Gasteiger partial charge in [0, 0.05) is 12.1 Å². The number of alkyl halides is 3. The highest BCUT2D eigenvalue weighted by molar-refractivity contribution is 6.28. The second-order valence-electron chi connectivity index (χ2n) is 2.06. The van der Waals surface area contributed by atoms with Crippen LogP contribution in [0.15, 0.2) is 18.3 Å². The van der Waals surface area contributed by atoms with E-state index in [1.165, 1.54) is 0 Å². The Morgan fingerprint density at radius 1 is 1.42 bits per heavy atom. The van der Waals surface area contributed by atoms with E-state index in [1.54, 1.807) is 0 Å². The minimum absolute atomic E-state index is 0.150. The Morgan fingerprint density at radius 3 is 2.42 bits per heavy atom. The molecule has 2 nitrogen and oxygen atoms in total. The largest absolute Gasteiger partial charge is 0.618 e. The van der Waals surface area contributed by atoms with E-state index in [0.29, 0.717) is 18.3 Å². The lowest BCUT2D eigenvalue weighted by atomic mass is 10.3. The first kappa shape index (κ1) is 9.12. The Balaban J connectivity index is 3.14. The summed E-state index contributed by atoms with van der Waals surface area (Å²) in [5.41, 5.74) is -0.931. The molecule has 0 N–H and O–H groups in total. The topological polar surface area (TPSA) is 26.9 Å². The number of pyridine rings is 1. The third-order valence-electron chi connectivity index (χ3n) is 1.20. The van der Waals surface area contributed by atoms with E-state index in [9.17, 15) is 18.4 Å². The normalized spacial score (nSPS) is 11.7. The molecule has 12 heavy (non-hydrogen) atoms. The van der Waals surface area contributed by atoms with Crippen molar-refractivity contribution >= 4 is 11.6 Å². The summed E-state index contributed by atoms with van der Waals surface area (Å²) >= 11 is 5.17. The molecule has 66 valence electrons. The molecule has 0 unspecified atom stereocenters. The monoisotopic (exact) mass is 197 g/mol. The summed E-state index contributed by atoms with van der Waals surface area (Å²) < 4.78 is 35.9. The molecule has 0 saturated heterocycles. The van der Waals surface area contributed by atoms with Crippen molar-refractivity contribution in [3.05, 3.63) is 34.3 Å². The molecule has 1 heterocycles. The van der Waals surface area contributed by atoms with Crippen LogP contribution in [0.5, 0.6) is 0 Å². The summed E-state index contributed by atoms with van der Waals surface area (Å²) in [5.74, 6) is 0. The van der Waals surface area contributed by atoms with Crippen molar-refractivity contribution in [2.24, 2.45) is 0 Å². The van der Waals surface area contributed by atoms with Crippen LogP contribution in [0.1, 0.15) is 5.56 Å². The molecular formula is C6H3ClF3NO. The zero-order valence-electron chi connectivity index (χ0n) is 5.60. The Hall–Kier alpha value is -0.970. The van der Waals surface area contributed by atoms with Crippen molar-refractivity contribution in [2.45, 2.75) is 6.18 Å². The summed E-state index contributed by atoms with van der Waals surface area (Å²) in [6, 6.07) is 1.24. The molecule has 0 bridgehead atoms. The zero-order chi connectivity index (χ0) is 9.35. The van der Waals surface area contributed by atoms with Gasteiger partial charge in [0.1, 0.15) is 0 Å². The number of halogens is 4. The molecule has 1 aromatic rings. The predicted octanol–water partition coefficient (Wildman–Crippen LogP) is 1.99. The lowest BCUT2D eigenvalue weighted by Crippen LogP contribution is -2.27. The molecule has 1 aromatic heterocycles. The van der Waals surface area contributed by atoms with Crippen LogP contribution in [0.3, 0.4) is 0 Å². The van der Waals surface area contributed by atoms with Crippen LogP contribution in [0.4, 0.5) is 13.2 Å². The zero-order valence-corrected chi connectivity index (χ0v) is 6.36. The van der Waals surface area contributed by atoms with Crippen LogP contribution in [0.2, 0.25) is 5.15 Å². The summed E-state index contributed by atoms with van der Waals surface area (Å²) in [5, 5.41) is 10.0. The van der Waals surface area contributed by atoms with Gasteiger partial charge in [-0.1, -0.05) is 0 Å². The maximum Gasteiger partial charge on any atom is 0.416 e. The first-order valence-electron chi connectivity index (χ1n) is 2.87. The number of rotatable bonds is 0. The number of nitrogens with zero attached hydrogens (tertiary/aromatic N) is 1. The number of hydrogen-bond acceptors (Lipinski definition) is 1. The van der Waals surface area contributed by atoms with Crippen molar-refractivity contribution in [3.8, 4) is 0 Å². The Morgan fingerprint density at radius 2 is 2.00 bits per heavy atom. The molecule has 6 heteroatoms. The van der Waals surface area contributed by atoms with E-state index in [4.69, 9.17) is 11.6 Å². The molecule has 0 fully saturated rings.